The predicted octanol–water partition coefficient (Wildman–Crippen LogP) is 1.74. The van der Waals surface area contributed by atoms with Crippen LogP contribution in [0.4, 0.5) is 0 Å². The number of benzene rings is 1. The van der Waals surface area contributed by atoms with Crippen molar-refractivity contribution in [3.63, 3.8) is 0 Å². The summed E-state index contributed by atoms with van der Waals surface area (Å²) in [6, 6.07) is 4.69. The lowest BCUT2D eigenvalue weighted by atomic mass is 9.97. The van der Waals surface area contributed by atoms with Gasteiger partial charge in [-0.25, -0.2) is 0 Å². The van der Waals surface area contributed by atoms with E-state index in [9.17, 15) is 14.4 Å². The maximum Gasteiger partial charge on any atom is 0.306 e. The molecule has 1 fully saturated rings. The van der Waals surface area contributed by atoms with Crippen LogP contribution in [0.5, 0.6) is 5.75 Å². The second kappa shape index (κ2) is 8.20. The Bertz CT molecular complexity index is 671. The largest absolute Gasteiger partial charge is 0.496 e. The molecule has 1 aromatic carbocycles. The molecule has 0 saturated carbocycles. The van der Waals surface area contributed by atoms with Crippen molar-refractivity contribution in [3.8, 4) is 5.75 Å². The summed E-state index contributed by atoms with van der Waals surface area (Å²) < 4.78 is 5.17. The van der Waals surface area contributed by atoms with E-state index in [1.165, 1.54) is 19.1 Å². The lowest BCUT2D eigenvalue weighted by Gasteiger charge is -2.31. The first kappa shape index (κ1) is 19.1. The van der Waals surface area contributed by atoms with Crippen molar-refractivity contribution >= 4 is 29.4 Å². The van der Waals surface area contributed by atoms with Gasteiger partial charge in [-0.1, -0.05) is 11.6 Å². The molecule has 7 nitrogen and oxygen atoms in total. The Balaban J connectivity index is 1.97. The third-order valence-corrected chi connectivity index (χ3v) is 4.55. The average Bonchev–Trinajstić information content (AvgIpc) is 2.60. The van der Waals surface area contributed by atoms with E-state index in [2.05, 4.69) is 0 Å². The van der Waals surface area contributed by atoms with E-state index in [1.54, 1.807) is 23.1 Å². The number of likely N-dealkylation sites (tertiary alicyclic amines) is 1. The van der Waals surface area contributed by atoms with Crippen LogP contribution in [0, 0.1) is 5.92 Å². The zero-order valence-corrected chi connectivity index (χ0v) is 15.0. The van der Waals surface area contributed by atoms with E-state index >= 15 is 0 Å². The van der Waals surface area contributed by atoms with Crippen molar-refractivity contribution in [2.45, 2.75) is 12.8 Å². The molecule has 2 rings (SSSR count). The highest BCUT2D eigenvalue weighted by molar-refractivity contribution is 6.30. The molecule has 1 heterocycles. The van der Waals surface area contributed by atoms with Crippen molar-refractivity contribution in [2.24, 2.45) is 5.92 Å². The second-order valence-electron chi connectivity index (χ2n) is 6.00. The van der Waals surface area contributed by atoms with E-state index in [-0.39, 0.29) is 18.4 Å². The molecule has 25 heavy (non-hydrogen) atoms. The van der Waals surface area contributed by atoms with E-state index in [0.29, 0.717) is 42.3 Å². The number of methoxy groups -OCH3 is 1. The van der Waals surface area contributed by atoms with Gasteiger partial charge in [0.15, 0.2) is 0 Å². The summed E-state index contributed by atoms with van der Waals surface area (Å²) in [6.45, 7) is 0.701. The van der Waals surface area contributed by atoms with Gasteiger partial charge in [0.25, 0.3) is 5.91 Å². The maximum absolute atomic E-state index is 12.5. The summed E-state index contributed by atoms with van der Waals surface area (Å²) >= 11 is 5.89. The lowest BCUT2D eigenvalue weighted by Crippen LogP contribution is -2.45. The van der Waals surface area contributed by atoms with Crippen LogP contribution in [0.25, 0.3) is 0 Å². The Kier molecular flexibility index (Phi) is 6.25. The maximum atomic E-state index is 12.5. The van der Waals surface area contributed by atoms with Crippen LogP contribution in [-0.2, 0) is 9.59 Å². The number of piperidine rings is 1. The van der Waals surface area contributed by atoms with Gasteiger partial charge in [0.2, 0.25) is 5.91 Å². The molecule has 1 N–H and O–H groups in total. The number of likely N-dealkylation sites (N-methyl/N-ethyl adjacent to an activating group) is 1. The molecule has 0 radical (unpaired) electrons. The number of aliphatic carboxylic acids is 1. The molecule has 0 aliphatic carbocycles. The van der Waals surface area contributed by atoms with Gasteiger partial charge in [0.05, 0.1) is 25.1 Å². The molecule has 0 aromatic heterocycles. The number of carboxylic acid groups (broad SMARTS) is 1. The molecule has 1 aromatic rings. The number of carboxylic acids is 1. The minimum absolute atomic E-state index is 0.0810. The first-order valence-electron chi connectivity index (χ1n) is 7.93. The first-order chi connectivity index (χ1) is 11.8. The predicted molar refractivity (Wildman–Crippen MR) is 91.9 cm³/mol. The molecule has 136 valence electrons. The van der Waals surface area contributed by atoms with Crippen molar-refractivity contribution in [2.75, 3.05) is 33.8 Å². The van der Waals surface area contributed by atoms with E-state index in [1.807, 2.05) is 0 Å². The van der Waals surface area contributed by atoms with Crippen LogP contribution in [0.1, 0.15) is 23.2 Å². The quantitative estimate of drug-likeness (QED) is 0.855. The van der Waals surface area contributed by atoms with Crippen LogP contribution in [0.2, 0.25) is 5.02 Å². The Morgan fingerprint density at radius 2 is 1.96 bits per heavy atom. The summed E-state index contributed by atoms with van der Waals surface area (Å²) in [4.78, 5) is 38.8. The number of nitrogens with zero attached hydrogens (tertiary/aromatic N) is 2. The van der Waals surface area contributed by atoms with Gasteiger partial charge in [0.1, 0.15) is 5.75 Å². The van der Waals surface area contributed by atoms with Crippen molar-refractivity contribution in [3.05, 3.63) is 28.8 Å². The van der Waals surface area contributed by atoms with E-state index in [0.717, 1.165) is 0 Å². The van der Waals surface area contributed by atoms with Crippen LogP contribution < -0.4 is 4.74 Å². The standard InChI is InChI=1S/C17H21ClN2O5/c1-19(16(22)13-4-3-12(18)9-14(13)25-2)10-15(21)20-7-5-11(6-8-20)17(23)24/h3-4,9,11H,5-8,10H2,1-2H3,(H,23,24). The zero-order valence-electron chi connectivity index (χ0n) is 14.2. The van der Waals surface area contributed by atoms with Gasteiger partial charge in [0, 0.05) is 25.2 Å². The fourth-order valence-electron chi connectivity index (χ4n) is 2.80. The van der Waals surface area contributed by atoms with E-state index < -0.39 is 11.9 Å². The van der Waals surface area contributed by atoms with Gasteiger partial charge >= 0.3 is 5.97 Å². The molecule has 0 bridgehead atoms. The highest BCUT2D eigenvalue weighted by atomic mass is 35.5. The zero-order chi connectivity index (χ0) is 18.6. The average molecular weight is 369 g/mol. The van der Waals surface area contributed by atoms with Gasteiger partial charge in [-0.05, 0) is 31.0 Å². The molecule has 0 spiro atoms. The Morgan fingerprint density at radius 1 is 1.32 bits per heavy atom. The summed E-state index contributed by atoms with van der Waals surface area (Å²) in [5.41, 5.74) is 0.326. The third-order valence-electron chi connectivity index (χ3n) is 4.31. The molecule has 1 aliphatic rings. The minimum Gasteiger partial charge on any atom is -0.496 e. The number of carbonyl (C=O) groups excluding carboxylic acids is 2. The number of halogens is 1. The van der Waals surface area contributed by atoms with Crippen molar-refractivity contribution in [1.29, 1.82) is 0 Å². The van der Waals surface area contributed by atoms with Crippen molar-refractivity contribution < 1.29 is 24.2 Å². The molecule has 8 heteroatoms. The normalized spacial score (nSPS) is 14.9. The lowest BCUT2D eigenvalue weighted by molar-refractivity contribution is -0.145. The fraction of sp³-hybridized carbons (Fsp3) is 0.471. The van der Waals surface area contributed by atoms with Crippen LogP contribution in [0.15, 0.2) is 18.2 Å². The van der Waals surface area contributed by atoms with Gasteiger partial charge in [-0.15, -0.1) is 0 Å². The number of ether oxygens (including phenoxy) is 1. The molecule has 2 amide bonds. The summed E-state index contributed by atoms with van der Waals surface area (Å²) in [5, 5.41) is 9.45. The molecule has 1 aliphatic heterocycles. The topological polar surface area (TPSA) is 87.2 Å². The molecular weight excluding hydrogens is 348 g/mol. The molecule has 1 saturated heterocycles. The van der Waals surface area contributed by atoms with Crippen molar-refractivity contribution in [1.82, 2.24) is 9.80 Å². The fourth-order valence-corrected chi connectivity index (χ4v) is 2.96. The summed E-state index contributed by atoms with van der Waals surface area (Å²) in [7, 11) is 2.98. The van der Waals surface area contributed by atoms with Gasteiger partial charge in [-0.3, -0.25) is 14.4 Å². The Morgan fingerprint density at radius 3 is 2.52 bits per heavy atom. The summed E-state index contributed by atoms with van der Waals surface area (Å²) in [6.07, 6.45) is 0.869. The Hall–Kier alpha value is -2.28. The number of carbonyl (C=O) groups is 3. The van der Waals surface area contributed by atoms with Gasteiger partial charge in [-0.2, -0.15) is 0 Å². The number of amides is 2. The van der Waals surface area contributed by atoms with Crippen LogP contribution >= 0.6 is 11.6 Å². The molecule has 0 unspecified atom stereocenters. The van der Waals surface area contributed by atoms with Gasteiger partial charge < -0.3 is 19.6 Å². The highest BCUT2D eigenvalue weighted by Crippen LogP contribution is 2.24. The number of hydrogen-bond donors (Lipinski definition) is 1. The first-order valence-corrected chi connectivity index (χ1v) is 8.31. The SMILES string of the molecule is COc1cc(Cl)ccc1C(=O)N(C)CC(=O)N1CCC(C(=O)O)CC1. The highest BCUT2D eigenvalue weighted by Gasteiger charge is 2.28. The molecular formula is C17H21ClN2O5. The van der Waals surface area contributed by atoms with E-state index in [4.69, 9.17) is 21.4 Å². The monoisotopic (exact) mass is 368 g/mol. The smallest absolute Gasteiger partial charge is 0.306 e. The summed E-state index contributed by atoms with van der Waals surface area (Å²) in [5.74, 6) is -1.43. The minimum atomic E-state index is -0.825. The Labute approximate surface area is 151 Å². The number of hydrogen-bond acceptors (Lipinski definition) is 4. The molecule has 0 atom stereocenters. The van der Waals surface area contributed by atoms with Crippen LogP contribution in [0.3, 0.4) is 0 Å². The van der Waals surface area contributed by atoms with Crippen LogP contribution in [-0.4, -0.2) is 66.5 Å². The number of rotatable bonds is 5. The third kappa shape index (κ3) is 4.63. The second-order valence-corrected chi connectivity index (χ2v) is 6.44.